The summed E-state index contributed by atoms with van der Waals surface area (Å²) in [5, 5.41) is 7.59. The lowest BCUT2D eigenvalue weighted by molar-refractivity contribution is 0.149. The molecule has 0 atom stereocenters. The average molecular weight is 466 g/mol. The van der Waals surface area contributed by atoms with Crippen LogP contribution >= 0.6 is 0 Å². The molecule has 0 radical (unpaired) electrons. The van der Waals surface area contributed by atoms with Gasteiger partial charge in [0.2, 0.25) is 0 Å². The van der Waals surface area contributed by atoms with E-state index in [0.29, 0.717) is 35.5 Å². The Morgan fingerprint density at radius 3 is 2.36 bits per heavy atom. The van der Waals surface area contributed by atoms with Crippen molar-refractivity contribution in [2.75, 3.05) is 12.8 Å². The van der Waals surface area contributed by atoms with Crippen molar-refractivity contribution in [3.05, 3.63) is 83.9 Å². The molecule has 0 heterocycles. The topological polar surface area (TPSA) is 114 Å². The van der Waals surface area contributed by atoms with Crippen LogP contribution in [0.1, 0.15) is 24.5 Å². The molecule has 0 saturated carbocycles. The fourth-order valence-corrected chi connectivity index (χ4v) is 4.37. The van der Waals surface area contributed by atoms with Crippen LogP contribution in [0.25, 0.3) is 11.1 Å². The molecule has 8 heteroatoms. The Balaban J connectivity index is 1.76. The van der Waals surface area contributed by atoms with Crippen molar-refractivity contribution >= 4 is 21.8 Å². The molecule has 33 heavy (non-hydrogen) atoms. The molecule has 0 aliphatic carbocycles. The van der Waals surface area contributed by atoms with Gasteiger partial charge in [-0.1, -0.05) is 55.5 Å². The Labute approximate surface area is 194 Å². The molecule has 0 unspecified atom stereocenters. The van der Waals surface area contributed by atoms with Gasteiger partial charge in [-0.3, -0.25) is 5.41 Å². The molecule has 3 rings (SSSR count). The zero-order valence-corrected chi connectivity index (χ0v) is 19.4. The van der Waals surface area contributed by atoms with E-state index in [9.17, 15) is 13.2 Å². The number of nitrogens with two attached hydrogens (primary N) is 1. The Bertz CT molecular complexity index is 1250. The van der Waals surface area contributed by atoms with E-state index in [4.69, 9.17) is 15.9 Å². The van der Waals surface area contributed by atoms with Crippen LogP contribution in [0.2, 0.25) is 0 Å². The normalized spacial score (nSPS) is 11.1. The standard InChI is InChI=1S/C25H27N3O4S/c1-3-15-28(17-18-7-6-8-20(16-18)24(26)27)25(29)32-21-13-11-19(12-14-21)22-9-4-5-10-23(22)33(2,30)31/h4-14,16H,3,15,17H2,1-2H3,(H3,26,27). The Morgan fingerprint density at radius 2 is 1.73 bits per heavy atom. The summed E-state index contributed by atoms with van der Waals surface area (Å²) in [6.07, 6.45) is 1.44. The van der Waals surface area contributed by atoms with Crippen molar-refractivity contribution in [1.29, 1.82) is 5.41 Å². The number of nitrogens with zero attached hydrogens (tertiary/aromatic N) is 1. The first kappa shape index (κ1) is 24.0. The SMILES string of the molecule is CCCN(Cc1cccc(C(=N)N)c1)C(=O)Oc1ccc(-c2ccccc2S(C)(=O)=O)cc1. The lowest BCUT2D eigenvalue weighted by atomic mass is 10.1. The van der Waals surface area contributed by atoms with Gasteiger partial charge in [0.25, 0.3) is 0 Å². The van der Waals surface area contributed by atoms with Crippen LogP contribution < -0.4 is 10.5 Å². The van der Waals surface area contributed by atoms with Gasteiger partial charge in [-0.05, 0) is 41.8 Å². The Hall–Kier alpha value is -3.65. The number of nitrogens with one attached hydrogen (secondary N) is 1. The molecule has 1 amide bonds. The molecule has 0 spiro atoms. The highest BCUT2D eigenvalue weighted by Crippen LogP contribution is 2.29. The number of carbonyl (C=O) groups is 1. The quantitative estimate of drug-likeness (QED) is 0.377. The van der Waals surface area contributed by atoms with Gasteiger partial charge in [-0.2, -0.15) is 0 Å². The molecule has 0 aliphatic rings. The van der Waals surface area contributed by atoms with E-state index in [1.165, 1.54) is 6.26 Å². The second kappa shape index (κ2) is 10.3. The number of hydrogen-bond donors (Lipinski definition) is 2. The van der Waals surface area contributed by atoms with Crippen molar-refractivity contribution < 1.29 is 17.9 Å². The Morgan fingerprint density at radius 1 is 1.03 bits per heavy atom. The minimum atomic E-state index is -3.38. The lowest BCUT2D eigenvalue weighted by Gasteiger charge is -2.22. The predicted molar refractivity (Wildman–Crippen MR) is 129 cm³/mol. The van der Waals surface area contributed by atoms with E-state index in [1.807, 2.05) is 13.0 Å². The van der Waals surface area contributed by atoms with Crippen LogP contribution in [-0.4, -0.2) is 38.0 Å². The molecule has 0 aromatic heterocycles. The maximum atomic E-state index is 12.8. The zero-order chi connectivity index (χ0) is 24.0. The molecular weight excluding hydrogens is 438 g/mol. The van der Waals surface area contributed by atoms with Crippen molar-refractivity contribution in [2.24, 2.45) is 5.73 Å². The highest BCUT2D eigenvalue weighted by atomic mass is 32.2. The van der Waals surface area contributed by atoms with Gasteiger partial charge in [0.1, 0.15) is 11.6 Å². The number of sulfone groups is 1. The number of rotatable bonds is 8. The van der Waals surface area contributed by atoms with Gasteiger partial charge < -0.3 is 15.4 Å². The smallest absolute Gasteiger partial charge is 0.410 e. The first-order valence-corrected chi connectivity index (χ1v) is 12.4. The summed E-state index contributed by atoms with van der Waals surface area (Å²) in [6, 6.07) is 20.7. The highest BCUT2D eigenvalue weighted by molar-refractivity contribution is 7.90. The predicted octanol–water partition coefficient (Wildman–Crippen LogP) is 4.45. The fourth-order valence-electron chi connectivity index (χ4n) is 3.46. The summed E-state index contributed by atoms with van der Waals surface area (Å²) in [6.45, 7) is 2.80. The average Bonchev–Trinajstić information content (AvgIpc) is 2.79. The number of carbonyl (C=O) groups excluding carboxylic acids is 1. The summed E-state index contributed by atoms with van der Waals surface area (Å²) in [5.41, 5.74) is 8.32. The summed E-state index contributed by atoms with van der Waals surface area (Å²) in [7, 11) is -3.38. The summed E-state index contributed by atoms with van der Waals surface area (Å²) >= 11 is 0. The monoisotopic (exact) mass is 465 g/mol. The minimum absolute atomic E-state index is 0.0287. The largest absolute Gasteiger partial charge is 0.415 e. The van der Waals surface area contributed by atoms with Crippen LogP contribution in [0.5, 0.6) is 5.75 Å². The van der Waals surface area contributed by atoms with Crippen molar-refractivity contribution in [2.45, 2.75) is 24.8 Å². The molecule has 0 aliphatic heterocycles. The molecule has 3 N–H and O–H groups in total. The molecule has 7 nitrogen and oxygen atoms in total. The fraction of sp³-hybridized carbons (Fsp3) is 0.200. The van der Waals surface area contributed by atoms with E-state index >= 15 is 0 Å². The maximum Gasteiger partial charge on any atom is 0.415 e. The lowest BCUT2D eigenvalue weighted by Crippen LogP contribution is -2.33. The molecule has 172 valence electrons. The van der Waals surface area contributed by atoms with Crippen molar-refractivity contribution in [3.63, 3.8) is 0 Å². The van der Waals surface area contributed by atoms with Gasteiger partial charge in [-0.25, -0.2) is 13.2 Å². The molecule has 0 saturated heterocycles. The van der Waals surface area contributed by atoms with Gasteiger partial charge in [0.05, 0.1) is 4.90 Å². The molecule has 3 aromatic rings. The molecular formula is C25H27N3O4S. The van der Waals surface area contributed by atoms with Gasteiger partial charge >= 0.3 is 6.09 Å². The second-order valence-corrected chi connectivity index (χ2v) is 9.68. The number of nitrogen functional groups attached to an aromatic ring is 1. The third-order valence-electron chi connectivity index (χ3n) is 5.02. The van der Waals surface area contributed by atoms with E-state index in [2.05, 4.69) is 0 Å². The third kappa shape index (κ3) is 6.20. The highest BCUT2D eigenvalue weighted by Gasteiger charge is 2.17. The number of amidine groups is 1. The van der Waals surface area contributed by atoms with E-state index in [0.717, 1.165) is 12.0 Å². The van der Waals surface area contributed by atoms with Gasteiger partial charge in [-0.15, -0.1) is 0 Å². The van der Waals surface area contributed by atoms with E-state index in [1.54, 1.807) is 71.6 Å². The second-order valence-electron chi connectivity index (χ2n) is 7.70. The number of ether oxygens (including phenoxy) is 1. The van der Waals surface area contributed by atoms with Gasteiger partial charge in [0.15, 0.2) is 9.84 Å². The van der Waals surface area contributed by atoms with Crippen LogP contribution in [0.3, 0.4) is 0 Å². The first-order valence-electron chi connectivity index (χ1n) is 10.5. The molecule has 0 bridgehead atoms. The van der Waals surface area contributed by atoms with Crippen molar-refractivity contribution in [3.8, 4) is 16.9 Å². The van der Waals surface area contributed by atoms with Crippen LogP contribution in [-0.2, 0) is 16.4 Å². The summed E-state index contributed by atoms with van der Waals surface area (Å²) < 4.78 is 29.8. The van der Waals surface area contributed by atoms with Gasteiger partial charge in [0, 0.05) is 30.5 Å². The van der Waals surface area contributed by atoms with Crippen LogP contribution in [0, 0.1) is 5.41 Å². The van der Waals surface area contributed by atoms with E-state index in [-0.39, 0.29) is 10.7 Å². The van der Waals surface area contributed by atoms with Crippen molar-refractivity contribution in [1.82, 2.24) is 4.90 Å². The number of hydrogen-bond acceptors (Lipinski definition) is 5. The summed E-state index contributed by atoms with van der Waals surface area (Å²) in [4.78, 5) is 14.7. The summed E-state index contributed by atoms with van der Waals surface area (Å²) in [5.74, 6) is 0.332. The third-order valence-corrected chi connectivity index (χ3v) is 6.18. The van der Waals surface area contributed by atoms with Crippen LogP contribution in [0.4, 0.5) is 4.79 Å². The van der Waals surface area contributed by atoms with E-state index < -0.39 is 15.9 Å². The number of amides is 1. The Kier molecular flexibility index (Phi) is 7.50. The maximum absolute atomic E-state index is 12.8. The molecule has 0 fully saturated rings. The number of benzene rings is 3. The minimum Gasteiger partial charge on any atom is -0.410 e. The van der Waals surface area contributed by atoms with Crippen LogP contribution in [0.15, 0.2) is 77.7 Å². The first-order chi connectivity index (χ1) is 15.7. The zero-order valence-electron chi connectivity index (χ0n) is 18.6. The molecule has 3 aromatic carbocycles.